The third kappa shape index (κ3) is 2.88. The molecule has 0 spiro atoms. The molecule has 0 unspecified atom stereocenters. The molecule has 2 aromatic carbocycles. The molecule has 0 aliphatic carbocycles. The van der Waals surface area contributed by atoms with Crippen LogP contribution in [-0.2, 0) is 0 Å². The van der Waals surface area contributed by atoms with E-state index in [0.29, 0.717) is 11.8 Å². The zero-order valence-electron chi connectivity index (χ0n) is 14.0. The van der Waals surface area contributed by atoms with Crippen LogP contribution in [-0.4, -0.2) is 12.2 Å². The van der Waals surface area contributed by atoms with Crippen molar-refractivity contribution in [3.05, 3.63) is 53.6 Å². The third-order valence-electron chi connectivity index (χ3n) is 4.91. The van der Waals surface area contributed by atoms with Gasteiger partial charge in [-0.05, 0) is 54.7 Å². The summed E-state index contributed by atoms with van der Waals surface area (Å²) in [4.78, 5) is 0. The Labute approximate surface area is 137 Å². The maximum Gasteiger partial charge on any atom is 0.127 e. The lowest BCUT2D eigenvalue weighted by molar-refractivity contribution is 0.0868. The number of methoxy groups -OCH3 is 1. The minimum atomic E-state index is 0.0199. The fourth-order valence-corrected chi connectivity index (χ4v) is 3.72. The van der Waals surface area contributed by atoms with Crippen LogP contribution < -0.4 is 9.47 Å². The normalized spacial score (nSPS) is 23.0. The third-order valence-corrected chi connectivity index (χ3v) is 4.91. The van der Waals surface area contributed by atoms with Crippen LogP contribution in [0.4, 0.5) is 0 Å². The largest absolute Gasteiger partial charge is 0.508 e. The molecule has 0 saturated heterocycles. The van der Waals surface area contributed by atoms with Gasteiger partial charge in [0, 0.05) is 11.5 Å². The highest BCUT2D eigenvalue weighted by atomic mass is 16.5. The Morgan fingerprint density at radius 1 is 1.04 bits per heavy atom. The zero-order chi connectivity index (χ0) is 16.4. The average molecular weight is 312 g/mol. The molecular weight excluding hydrogens is 288 g/mol. The van der Waals surface area contributed by atoms with E-state index in [0.717, 1.165) is 29.9 Å². The summed E-state index contributed by atoms with van der Waals surface area (Å²) in [7, 11) is 1.70. The minimum Gasteiger partial charge on any atom is -0.508 e. The van der Waals surface area contributed by atoms with Crippen LogP contribution >= 0.6 is 0 Å². The lowest BCUT2D eigenvalue weighted by Gasteiger charge is -2.39. The molecule has 0 radical (unpaired) electrons. The number of fused-ring (bicyclic) bond motifs is 1. The molecule has 3 rings (SSSR count). The lowest BCUT2D eigenvalue weighted by atomic mass is 9.75. The first-order chi connectivity index (χ1) is 11.2. The first-order valence-corrected chi connectivity index (χ1v) is 8.31. The fraction of sp³-hybridized carbons (Fsp3) is 0.400. The Bertz CT molecular complexity index is 663. The van der Waals surface area contributed by atoms with E-state index in [1.54, 1.807) is 19.2 Å². The zero-order valence-corrected chi connectivity index (χ0v) is 14.0. The molecule has 0 fully saturated rings. The Hall–Kier alpha value is -2.16. The molecule has 122 valence electrons. The van der Waals surface area contributed by atoms with E-state index in [1.165, 1.54) is 5.56 Å². The smallest absolute Gasteiger partial charge is 0.127 e. The monoisotopic (exact) mass is 312 g/mol. The number of phenolic OH excluding ortho intramolecular Hbond substituents is 1. The van der Waals surface area contributed by atoms with Crippen LogP contribution in [0, 0.1) is 5.92 Å². The molecule has 2 aromatic rings. The van der Waals surface area contributed by atoms with Crippen molar-refractivity contribution < 1.29 is 14.6 Å². The Kier molecular flexibility index (Phi) is 4.46. The Morgan fingerprint density at radius 3 is 2.39 bits per heavy atom. The van der Waals surface area contributed by atoms with E-state index in [1.807, 2.05) is 24.3 Å². The van der Waals surface area contributed by atoms with E-state index in [-0.39, 0.29) is 11.9 Å². The standard InChI is InChI=1S/C20H24O3/c1-4-16-17(5-2)20(13-6-8-14(21)9-7-13)23-19-11-10-15(22-3)12-18(16)19/h6-12,16-17,20-21H,4-5H2,1-3H3/t16-,17+,20+/m1/s1. The van der Waals surface area contributed by atoms with Crippen molar-refractivity contribution in [1.82, 2.24) is 0 Å². The van der Waals surface area contributed by atoms with Gasteiger partial charge in [0.15, 0.2) is 0 Å². The molecule has 0 saturated carbocycles. The number of hydrogen-bond acceptors (Lipinski definition) is 3. The van der Waals surface area contributed by atoms with E-state index in [4.69, 9.17) is 9.47 Å². The summed E-state index contributed by atoms with van der Waals surface area (Å²) in [5, 5.41) is 9.54. The maximum atomic E-state index is 9.54. The van der Waals surface area contributed by atoms with E-state index < -0.39 is 0 Å². The number of hydrogen-bond donors (Lipinski definition) is 1. The molecule has 0 amide bonds. The number of ether oxygens (including phenoxy) is 2. The average Bonchev–Trinajstić information content (AvgIpc) is 2.60. The summed E-state index contributed by atoms with van der Waals surface area (Å²) in [6, 6.07) is 13.5. The molecule has 23 heavy (non-hydrogen) atoms. The summed E-state index contributed by atoms with van der Waals surface area (Å²) < 4.78 is 11.7. The van der Waals surface area contributed by atoms with Gasteiger partial charge >= 0.3 is 0 Å². The number of aromatic hydroxyl groups is 1. The van der Waals surface area contributed by atoms with Crippen LogP contribution in [0.15, 0.2) is 42.5 Å². The predicted octanol–water partition coefficient (Wildman–Crippen LogP) is 5.05. The van der Waals surface area contributed by atoms with Crippen molar-refractivity contribution in [2.75, 3.05) is 7.11 Å². The molecule has 1 aliphatic rings. The Balaban J connectivity index is 2.04. The molecule has 1 aliphatic heterocycles. The predicted molar refractivity (Wildman–Crippen MR) is 91.3 cm³/mol. The topological polar surface area (TPSA) is 38.7 Å². The second-order valence-corrected chi connectivity index (χ2v) is 6.12. The summed E-state index contributed by atoms with van der Waals surface area (Å²) in [5.41, 5.74) is 2.36. The second-order valence-electron chi connectivity index (χ2n) is 6.12. The van der Waals surface area contributed by atoms with Crippen molar-refractivity contribution in [3.63, 3.8) is 0 Å². The quantitative estimate of drug-likeness (QED) is 0.858. The van der Waals surface area contributed by atoms with Gasteiger partial charge in [-0.3, -0.25) is 0 Å². The highest BCUT2D eigenvalue weighted by molar-refractivity contribution is 5.45. The highest BCUT2D eigenvalue weighted by Crippen LogP contribution is 2.49. The van der Waals surface area contributed by atoms with Crippen LogP contribution in [0.25, 0.3) is 0 Å². The van der Waals surface area contributed by atoms with Gasteiger partial charge in [-0.15, -0.1) is 0 Å². The van der Waals surface area contributed by atoms with Crippen LogP contribution in [0.5, 0.6) is 17.2 Å². The first-order valence-electron chi connectivity index (χ1n) is 8.31. The molecule has 0 bridgehead atoms. The molecule has 1 N–H and O–H groups in total. The molecule has 3 atom stereocenters. The van der Waals surface area contributed by atoms with Gasteiger partial charge in [0.1, 0.15) is 23.4 Å². The van der Waals surface area contributed by atoms with Crippen LogP contribution in [0.3, 0.4) is 0 Å². The summed E-state index contributed by atoms with van der Waals surface area (Å²) >= 11 is 0. The first kappa shape index (κ1) is 15.7. The van der Waals surface area contributed by atoms with Crippen molar-refractivity contribution in [2.24, 2.45) is 5.92 Å². The summed E-state index contributed by atoms with van der Waals surface area (Å²) in [6.45, 7) is 4.45. The van der Waals surface area contributed by atoms with Crippen molar-refractivity contribution >= 4 is 0 Å². The summed E-state index contributed by atoms with van der Waals surface area (Å²) in [5.74, 6) is 2.96. The second kappa shape index (κ2) is 6.53. The van der Waals surface area contributed by atoms with Gasteiger partial charge in [0.25, 0.3) is 0 Å². The Morgan fingerprint density at radius 2 is 1.78 bits per heavy atom. The molecular formula is C20H24O3. The molecule has 0 aromatic heterocycles. The summed E-state index contributed by atoms with van der Waals surface area (Å²) in [6.07, 6.45) is 2.13. The van der Waals surface area contributed by atoms with E-state index >= 15 is 0 Å². The molecule has 3 nitrogen and oxygen atoms in total. The van der Waals surface area contributed by atoms with Crippen LogP contribution in [0.2, 0.25) is 0 Å². The van der Waals surface area contributed by atoms with Crippen molar-refractivity contribution in [2.45, 2.75) is 38.7 Å². The van der Waals surface area contributed by atoms with Gasteiger partial charge in [-0.25, -0.2) is 0 Å². The minimum absolute atomic E-state index is 0.0199. The number of phenols is 1. The highest BCUT2D eigenvalue weighted by Gasteiger charge is 2.37. The SMILES string of the molecule is CC[C@H]1[C@@H](CC)c2cc(OC)ccc2O[C@H]1c1ccc(O)cc1. The maximum absolute atomic E-state index is 9.54. The fourth-order valence-electron chi connectivity index (χ4n) is 3.72. The van der Waals surface area contributed by atoms with Crippen LogP contribution in [0.1, 0.15) is 49.8 Å². The van der Waals surface area contributed by atoms with E-state index in [2.05, 4.69) is 19.9 Å². The van der Waals surface area contributed by atoms with Gasteiger partial charge in [0.05, 0.1) is 7.11 Å². The van der Waals surface area contributed by atoms with Crippen molar-refractivity contribution in [1.29, 1.82) is 0 Å². The number of rotatable bonds is 4. The van der Waals surface area contributed by atoms with Gasteiger partial charge in [-0.1, -0.05) is 26.0 Å². The van der Waals surface area contributed by atoms with Crippen molar-refractivity contribution in [3.8, 4) is 17.2 Å². The number of benzene rings is 2. The molecule has 1 heterocycles. The molecule has 3 heteroatoms. The lowest BCUT2D eigenvalue weighted by Crippen LogP contribution is -2.29. The van der Waals surface area contributed by atoms with Gasteiger partial charge in [-0.2, -0.15) is 0 Å². The van der Waals surface area contributed by atoms with E-state index in [9.17, 15) is 5.11 Å². The van der Waals surface area contributed by atoms with Gasteiger partial charge < -0.3 is 14.6 Å². The van der Waals surface area contributed by atoms with Gasteiger partial charge in [0.2, 0.25) is 0 Å².